The van der Waals surface area contributed by atoms with E-state index in [1.807, 2.05) is 0 Å². The fourth-order valence-corrected chi connectivity index (χ4v) is 1.91. The minimum atomic E-state index is -0.218. The number of hydrogen-bond acceptors (Lipinski definition) is 0. The van der Waals surface area contributed by atoms with Crippen molar-refractivity contribution in [3.05, 3.63) is 23.3 Å². The summed E-state index contributed by atoms with van der Waals surface area (Å²) in [5.41, 5.74) is 2.65. The van der Waals surface area contributed by atoms with Crippen molar-refractivity contribution in [1.82, 2.24) is 0 Å². The van der Waals surface area contributed by atoms with Crippen molar-refractivity contribution in [2.75, 3.05) is 0 Å². The smallest absolute Gasteiger partial charge is 0.0276 e. The van der Waals surface area contributed by atoms with E-state index in [-0.39, 0.29) is 24.6 Å². The molecule has 0 nitrogen and oxygen atoms in total. The van der Waals surface area contributed by atoms with Gasteiger partial charge in [0.25, 0.3) is 0 Å². The first-order valence-corrected chi connectivity index (χ1v) is 3.83. The maximum absolute atomic E-state index is 7.78. The summed E-state index contributed by atoms with van der Waals surface area (Å²) in [4.78, 5) is 0. The van der Waals surface area contributed by atoms with Crippen molar-refractivity contribution in [2.45, 2.75) is 26.6 Å². The molecule has 0 heterocycles. The molecular weight excluding hydrogens is 120 g/mol. The van der Waals surface area contributed by atoms with Gasteiger partial charge in [0.2, 0.25) is 0 Å². The standard InChI is InChI=1S/C10H14/c1-7(2)10-8-3-4-9(10)6-5-8/h3-4,8-9H,5-6H2,1-2H3/t8-,9+/i5D,6D/t5-,6+,8+,9-. The molecule has 0 aromatic rings. The van der Waals surface area contributed by atoms with E-state index in [9.17, 15) is 0 Å². The highest BCUT2D eigenvalue weighted by Gasteiger charge is 2.32. The van der Waals surface area contributed by atoms with Gasteiger partial charge in [-0.3, -0.25) is 0 Å². The monoisotopic (exact) mass is 136 g/mol. The van der Waals surface area contributed by atoms with Crippen LogP contribution in [0.1, 0.15) is 29.4 Å². The number of hydrogen-bond donors (Lipinski definition) is 0. The highest BCUT2D eigenvalue weighted by molar-refractivity contribution is 5.34. The summed E-state index contributed by atoms with van der Waals surface area (Å²) in [6, 6.07) is 0. The van der Waals surface area contributed by atoms with E-state index in [0.29, 0.717) is 0 Å². The Kier molecular flexibility index (Phi) is 0.867. The zero-order chi connectivity index (χ0) is 8.88. The summed E-state index contributed by atoms with van der Waals surface area (Å²) in [5.74, 6) is 0.505. The molecule has 54 valence electrons. The quantitative estimate of drug-likeness (QED) is 0.449. The van der Waals surface area contributed by atoms with Crippen LogP contribution in [0.3, 0.4) is 0 Å². The molecule has 2 aliphatic rings. The van der Waals surface area contributed by atoms with Crippen LogP contribution in [0.5, 0.6) is 0 Å². The molecule has 0 radical (unpaired) electrons. The van der Waals surface area contributed by atoms with Gasteiger partial charge in [0.15, 0.2) is 0 Å². The van der Waals surface area contributed by atoms with E-state index in [2.05, 4.69) is 26.0 Å². The summed E-state index contributed by atoms with van der Waals surface area (Å²) >= 11 is 0. The SMILES string of the molecule is [2H][C@@H]1[C@H]([2H])[C@H]2C=C[C@@H]1C2=C(C)C. The van der Waals surface area contributed by atoms with Crippen molar-refractivity contribution in [2.24, 2.45) is 11.8 Å². The molecule has 0 amide bonds. The number of fused-ring (bicyclic) bond motifs is 2. The Morgan fingerprint density at radius 1 is 1.40 bits per heavy atom. The van der Waals surface area contributed by atoms with Gasteiger partial charge in [0.05, 0.1) is 0 Å². The average molecular weight is 136 g/mol. The zero-order valence-corrected chi connectivity index (χ0v) is 6.46. The molecule has 0 saturated heterocycles. The number of rotatable bonds is 0. The van der Waals surface area contributed by atoms with Gasteiger partial charge in [-0.2, -0.15) is 0 Å². The zero-order valence-electron chi connectivity index (χ0n) is 8.46. The lowest BCUT2D eigenvalue weighted by atomic mass is 10.00. The van der Waals surface area contributed by atoms with Crippen LogP contribution in [-0.4, -0.2) is 0 Å². The highest BCUT2D eigenvalue weighted by atomic mass is 14.4. The third-order valence-corrected chi connectivity index (χ3v) is 2.35. The second-order valence-electron chi connectivity index (χ2n) is 3.28. The lowest BCUT2D eigenvalue weighted by Gasteiger charge is -2.05. The van der Waals surface area contributed by atoms with E-state index in [1.165, 1.54) is 11.1 Å². The van der Waals surface area contributed by atoms with Crippen LogP contribution >= 0.6 is 0 Å². The Morgan fingerprint density at radius 3 is 2.20 bits per heavy atom. The molecule has 1 fully saturated rings. The third kappa shape index (κ3) is 0.681. The molecule has 2 rings (SSSR count). The van der Waals surface area contributed by atoms with Crippen molar-refractivity contribution < 1.29 is 2.74 Å². The first-order valence-electron chi connectivity index (χ1n) is 4.98. The Balaban J connectivity index is 2.43. The van der Waals surface area contributed by atoms with Gasteiger partial charge < -0.3 is 0 Å². The molecule has 0 spiro atoms. The van der Waals surface area contributed by atoms with E-state index in [4.69, 9.17) is 2.74 Å². The predicted octanol–water partition coefficient (Wildman–Crippen LogP) is 2.92. The largest absolute Gasteiger partial charge is 0.0807 e. The van der Waals surface area contributed by atoms with Crippen LogP contribution < -0.4 is 0 Å². The summed E-state index contributed by atoms with van der Waals surface area (Å²) in [6.45, 7) is 4.18. The molecule has 0 heteroatoms. The predicted molar refractivity (Wildman–Crippen MR) is 43.7 cm³/mol. The molecule has 2 bridgehead atoms. The van der Waals surface area contributed by atoms with Gasteiger partial charge in [-0.05, 0) is 38.5 Å². The molecule has 0 N–H and O–H groups in total. The Morgan fingerprint density at radius 2 is 1.90 bits per heavy atom. The lowest BCUT2D eigenvalue weighted by Crippen LogP contribution is -1.92. The maximum Gasteiger partial charge on any atom is 0.0276 e. The minimum absolute atomic E-state index is 0.218. The van der Waals surface area contributed by atoms with Crippen molar-refractivity contribution in [1.29, 1.82) is 0 Å². The third-order valence-electron chi connectivity index (χ3n) is 2.35. The first-order chi connectivity index (χ1) is 5.63. The van der Waals surface area contributed by atoms with Crippen molar-refractivity contribution in [3.63, 3.8) is 0 Å². The maximum atomic E-state index is 7.78. The van der Waals surface area contributed by atoms with Gasteiger partial charge in [0, 0.05) is 2.74 Å². The highest BCUT2D eigenvalue weighted by Crippen LogP contribution is 2.45. The van der Waals surface area contributed by atoms with Gasteiger partial charge in [0.1, 0.15) is 0 Å². The molecule has 1 saturated carbocycles. The van der Waals surface area contributed by atoms with E-state index < -0.39 is 0 Å². The van der Waals surface area contributed by atoms with Crippen LogP contribution in [0.4, 0.5) is 0 Å². The molecule has 10 heavy (non-hydrogen) atoms. The number of allylic oxidation sites excluding steroid dienone is 4. The molecule has 2 aliphatic carbocycles. The molecule has 4 atom stereocenters. The minimum Gasteiger partial charge on any atom is -0.0807 e. The fraction of sp³-hybridized carbons (Fsp3) is 0.600. The Hall–Kier alpha value is -0.520. The normalized spacial score (nSPS) is 53.2. The summed E-state index contributed by atoms with van der Waals surface area (Å²) < 4.78 is 15.6. The van der Waals surface area contributed by atoms with Gasteiger partial charge in [-0.15, -0.1) is 0 Å². The second-order valence-corrected chi connectivity index (χ2v) is 3.28. The molecular formula is C10H14. The van der Waals surface area contributed by atoms with Gasteiger partial charge in [-0.25, -0.2) is 0 Å². The second kappa shape index (κ2) is 1.98. The Bertz CT molecular complexity index is 241. The first kappa shape index (κ1) is 4.38. The molecule has 0 aromatic heterocycles. The molecule has 0 aliphatic heterocycles. The topological polar surface area (TPSA) is 0 Å². The van der Waals surface area contributed by atoms with Crippen molar-refractivity contribution >= 4 is 0 Å². The van der Waals surface area contributed by atoms with E-state index in [1.54, 1.807) is 0 Å². The van der Waals surface area contributed by atoms with E-state index >= 15 is 0 Å². The summed E-state index contributed by atoms with van der Waals surface area (Å²) in [6.07, 6.45) is 3.78. The van der Waals surface area contributed by atoms with Gasteiger partial charge >= 0.3 is 0 Å². The van der Waals surface area contributed by atoms with Crippen molar-refractivity contribution in [3.8, 4) is 0 Å². The molecule has 0 unspecified atom stereocenters. The Labute approximate surface area is 65.4 Å². The molecule has 0 aromatic carbocycles. The summed E-state index contributed by atoms with van der Waals surface area (Å²) in [7, 11) is 0. The summed E-state index contributed by atoms with van der Waals surface area (Å²) in [5, 5.41) is 0. The van der Waals surface area contributed by atoms with Crippen LogP contribution in [0.2, 0.25) is 0 Å². The van der Waals surface area contributed by atoms with E-state index in [0.717, 1.165) is 0 Å². The van der Waals surface area contributed by atoms with Crippen LogP contribution in [0.25, 0.3) is 0 Å². The van der Waals surface area contributed by atoms with Crippen LogP contribution in [0.15, 0.2) is 23.3 Å². The fourth-order valence-electron chi connectivity index (χ4n) is 1.91. The van der Waals surface area contributed by atoms with Crippen LogP contribution in [-0.2, 0) is 0 Å². The van der Waals surface area contributed by atoms with Crippen LogP contribution in [0, 0.1) is 11.8 Å². The van der Waals surface area contributed by atoms with Gasteiger partial charge in [-0.1, -0.05) is 23.3 Å². The lowest BCUT2D eigenvalue weighted by molar-refractivity contribution is 0.705. The average Bonchev–Trinajstić information content (AvgIpc) is 2.51.